The van der Waals surface area contributed by atoms with Gasteiger partial charge in [0.2, 0.25) is 0 Å². The highest BCUT2D eigenvalue weighted by molar-refractivity contribution is 7.98. The first-order valence-electron chi connectivity index (χ1n) is 10.5. The van der Waals surface area contributed by atoms with Gasteiger partial charge in [-0.15, -0.1) is 11.8 Å². The minimum Gasteiger partial charge on any atom is -0.492 e. The van der Waals surface area contributed by atoms with Gasteiger partial charge in [-0.05, 0) is 36.8 Å². The summed E-state index contributed by atoms with van der Waals surface area (Å²) in [7, 11) is -3.54. The molecule has 1 heterocycles. The van der Waals surface area contributed by atoms with Gasteiger partial charge < -0.3 is 14.7 Å². The third-order valence-corrected chi connectivity index (χ3v) is 8.04. The number of anilines is 2. The van der Waals surface area contributed by atoms with E-state index < -0.39 is 15.8 Å². The molecule has 1 atom stereocenters. The van der Waals surface area contributed by atoms with Gasteiger partial charge in [0.25, 0.3) is 0 Å². The monoisotopic (exact) mass is 463 g/mol. The van der Waals surface area contributed by atoms with Crippen molar-refractivity contribution in [2.75, 3.05) is 30.1 Å². The van der Waals surface area contributed by atoms with Crippen molar-refractivity contribution in [2.45, 2.75) is 42.4 Å². The Bertz CT molecular complexity index is 1010. The average Bonchev–Trinajstić information content (AvgIpc) is 2.85. The summed E-state index contributed by atoms with van der Waals surface area (Å²) in [5.41, 5.74) is 1.61. The summed E-state index contributed by atoms with van der Waals surface area (Å²) in [6.45, 7) is 2.73. The van der Waals surface area contributed by atoms with E-state index in [-0.39, 0.29) is 29.6 Å². The topological polar surface area (TPSA) is 83.9 Å². The van der Waals surface area contributed by atoms with E-state index in [2.05, 4.69) is 11.8 Å². The van der Waals surface area contributed by atoms with E-state index in [1.165, 1.54) is 11.8 Å². The number of hydrogen-bond acceptors (Lipinski definition) is 6. The molecule has 0 aromatic heterocycles. The van der Waals surface area contributed by atoms with Crippen LogP contribution in [0.2, 0.25) is 0 Å². The lowest BCUT2D eigenvalue weighted by atomic mass is 10.0. The molecule has 3 rings (SSSR count). The van der Waals surface area contributed by atoms with Gasteiger partial charge in [-0.1, -0.05) is 38.0 Å². The molecule has 0 fully saturated rings. The molecule has 8 heteroatoms. The van der Waals surface area contributed by atoms with Crippen LogP contribution in [0.3, 0.4) is 0 Å². The molecule has 1 aliphatic rings. The Balaban J connectivity index is 2.10. The number of fused-ring (bicyclic) bond motifs is 1. The van der Waals surface area contributed by atoms with Gasteiger partial charge in [0.15, 0.2) is 9.84 Å². The van der Waals surface area contributed by atoms with Gasteiger partial charge >= 0.3 is 5.97 Å². The maximum absolute atomic E-state index is 13.4. The van der Waals surface area contributed by atoms with Crippen molar-refractivity contribution in [1.82, 2.24) is 0 Å². The average molecular weight is 464 g/mol. The van der Waals surface area contributed by atoms with Gasteiger partial charge in [0.05, 0.1) is 34.3 Å². The Morgan fingerprint density at radius 2 is 2.00 bits per heavy atom. The van der Waals surface area contributed by atoms with Crippen LogP contribution in [0.4, 0.5) is 11.4 Å². The van der Waals surface area contributed by atoms with Crippen molar-refractivity contribution in [2.24, 2.45) is 5.92 Å². The lowest BCUT2D eigenvalue weighted by Gasteiger charge is -2.28. The van der Waals surface area contributed by atoms with Gasteiger partial charge in [0.1, 0.15) is 5.75 Å². The second-order valence-corrected chi connectivity index (χ2v) is 10.5. The Kier molecular flexibility index (Phi) is 7.89. The molecular weight excluding hydrogens is 434 g/mol. The molecule has 168 valence electrons. The highest BCUT2D eigenvalue weighted by Gasteiger charge is 2.33. The Morgan fingerprint density at radius 3 is 2.65 bits per heavy atom. The van der Waals surface area contributed by atoms with Crippen molar-refractivity contribution >= 4 is 38.9 Å². The number of benzene rings is 2. The highest BCUT2D eigenvalue weighted by atomic mass is 32.2. The fourth-order valence-electron chi connectivity index (χ4n) is 3.84. The smallest absolute Gasteiger partial charge is 0.306 e. The van der Waals surface area contributed by atoms with Crippen LogP contribution < -0.4 is 9.64 Å². The molecule has 0 amide bonds. The van der Waals surface area contributed by atoms with Crippen LogP contribution >= 0.6 is 11.8 Å². The number of carbonyl (C=O) groups is 1. The molecule has 0 bridgehead atoms. The van der Waals surface area contributed by atoms with Crippen LogP contribution in [-0.2, 0) is 14.6 Å². The number of nitrogens with zero attached hydrogens (tertiary/aromatic N) is 1. The zero-order chi connectivity index (χ0) is 22.4. The standard InChI is InChI=1S/C23H29NO5S2/c1-3-4-8-17-15-24(18-9-6-5-7-10-18)19-13-21(30-2)20(29-12-11-23(25)26)14-22(19)31(27,28)16-17/h5-7,9-10,13-14,17H,3-4,8,11-12,15-16H2,1-2H3,(H,25,26). The molecule has 1 N–H and O–H groups in total. The van der Waals surface area contributed by atoms with E-state index in [9.17, 15) is 13.2 Å². The maximum Gasteiger partial charge on any atom is 0.306 e. The van der Waals surface area contributed by atoms with E-state index in [0.29, 0.717) is 18.0 Å². The summed E-state index contributed by atoms with van der Waals surface area (Å²) >= 11 is 1.45. The molecule has 0 radical (unpaired) electrons. The predicted octanol–water partition coefficient (Wildman–Crippen LogP) is 4.99. The quantitative estimate of drug-likeness (QED) is 0.524. The Hall–Kier alpha value is -2.19. The van der Waals surface area contributed by atoms with Crippen molar-refractivity contribution in [3.63, 3.8) is 0 Å². The van der Waals surface area contributed by atoms with Crippen molar-refractivity contribution < 1.29 is 23.1 Å². The van der Waals surface area contributed by atoms with E-state index in [1.54, 1.807) is 6.07 Å². The summed E-state index contributed by atoms with van der Waals surface area (Å²) in [4.78, 5) is 14.0. The van der Waals surface area contributed by atoms with Crippen LogP contribution in [0, 0.1) is 5.92 Å². The summed E-state index contributed by atoms with van der Waals surface area (Å²) < 4.78 is 32.5. The van der Waals surface area contributed by atoms with Crippen LogP contribution in [0.15, 0.2) is 52.3 Å². The molecule has 6 nitrogen and oxygen atoms in total. The molecule has 2 aromatic carbocycles. The van der Waals surface area contributed by atoms with E-state index in [1.807, 2.05) is 42.7 Å². The number of unbranched alkanes of at least 4 members (excludes halogenated alkanes) is 1. The molecule has 31 heavy (non-hydrogen) atoms. The van der Waals surface area contributed by atoms with E-state index in [0.717, 1.165) is 29.8 Å². The number of thioether (sulfide) groups is 1. The molecule has 1 aliphatic heterocycles. The first-order chi connectivity index (χ1) is 14.9. The first-order valence-corrected chi connectivity index (χ1v) is 13.4. The molecule has 0 spiro atoms. The van der Waals surface area contributed by atoms with Crippen LogP contribution in [-0.4, -0.2) is 44.7 Å². The summed E-state index contributed by atoms with van der Waals surface area (Å²) in [6.07, 6.45) is 4.61. The van der Waals surface area contributed by atoms with Crippen molar-refractivity contribution in [3.05, 3.63) is 42.5 Å². The van der Waals surface area contributed by atoms with Crippen LogP contribution in [0.5, 0.6) is 5.75 Å². The first kappa shape index (κ1) is 23.5. The van der Waals surface area contributed by atoms with Gasteiger partial charge in [-0.3, -0.25) is 4.79 Å². The van der Waals surface area contributed by atoms with Crippen LogP contribution in [0.1, 0.15) is 32.6 Å². The SMILES string of the molecule is CCCCC1CN(c2ccccc2)c2cc(SC)c(OCCC(=O)O)cc2S(=O)(=O)C1. The number of hydrogen-bond donors (Lipinski definition) is 1. The number of para-hydroxylation sites is 1. The number of carboxylic acid groups (broad SMARTS) is 1. The summed E-state index contributed by atoms with van der Waals surface area (Å²) in [5, 5.41) is 8.90. The zero-order valence-corrected chi connectivity index (χ0v) is 19.5. The fraction of sp³-hybridized carbons (Fsp3) is 0.435. The largest absolute Gasteiger partial charge is 0.492 e. The maximum atomic E-state index is 13.4. The summed E-state index contributed by atoms with van der Waals surface area (Å²) in [5.74, 6) is -0.430. The predicted molar refractivity (Wildman–Crippen MR) is 124 cm³/mol. The second-order valence-electron chi connectivity index (χ2n) is 7.70. The third kappa shape index (κ3) is 5.74. The molecule has 2 aromatic rings. The van der Waals surface area contributed by atoms with E-state index in [4.69, 9.17) is 9.84 Å². The zero-order valence-electron chi connectivity index (χ0n) is 17.9. The number of aliphatic carboxylic acids is 1. The number of carboxylic acids is 1. The minimum atomic E-state index is -3.54. The number of rotatable bonds is 9. The van der Waals surface area contributed by atoms with Crippen molar-refractivity contribution in [3.8, 4) is 5.75 Å². The normalized spacial score (nSPS) is 17.6. The Labute approximate surface area is 188 Å². The molecule has 0 saturated heterocycles. The molecular formula is C23H29NO5S2. The van der Waals surface area contributed by atoms with E-state index >= 15 is 0 Å². The third-order valence-electron chi connectivity index (χ3n) is 5.37. The highest BCUT2D eigenvalue weighted by Crippen LogP contribution is 2.43. The molecule has 0 aliphatic carbocycles. The van der Waals surface area contributed by atoms with Gasteiger partial charge in [-0.25, -0.2) is 8.42 Å². The van der Waals surface area contributed by atoms with Gasteiger partial charge in [-0.2, -0.15) is 0 Å². The lowest BCUT2D eigenvalue weighted by Crippen LogP contribution is -2.26. The number of sulfone groups is 1. The Morgan fingerprint density at radius 1 is 1.26 bits per heavy atom. The van der Waals surface area contributed by atoms with Gasteiger partial charge in [0, 0.05) is 18.3 Å². The fourth-order valence-corrected chi connectivity index (χ4v) is 6.24. The second kappa shape index (κ2) is 10.4. The minimum absolute atomic E-state index is 0.0107. The van der Waals surface area contributed by atoms with Crippen molar-refractivity contribution in [1.29, 1.82) is 0 Å². The molecule has 1 unspecified atom stereocenters. The lowest BCUT2D eigenvalue weighted by molar-refractivity contribution is -0.137. The number of ether oxygens (including phenoxy) is 1. The molecule has 0 saturated carbocycles. The van der Waals surface area contributed by atoms with Crippen LogP contribution in [0.25, 0.3) is 0 Å². The summed E-state index contributed by atoms with van der Waals surface area (Å²) in [6, 6.07) is 13.3.